The first-order valence-electron chi connectivity index (χ1n) is 10.2. The minimum atomic E-state index is -0.694. The Morgan fingerprint density at radius 3 is 2.55 bits per heavy atom. The fraction of sp³-hybridized carbons (Fsp3) is 0.333. The number of carboxylic acids is 1. The summed E-state index contributed by atoms with van der Waals surface area (Å²) in [5, 5.41) is 14.4. The van der Waals surface area contributed by atoms with Gasteiger partial charge in [-0.15, -0.1) is 0 Å². The molecule has 1 aromatic heterocycles. The van der Waals surface area contributed by atoms with E-state index in [0.717, 1.165) is 35.3 Å². The number of nitrogens with zero attached hydrogens (tertiary/aromatic N) is 3. The highest BCUT2D eigenvalue weighted by Crippen LogP contribution is 2.30. The number of benzene rings is 2. The molecule has 4 rings (SSSR count). The smallest absolute Gasteiger partial charge is 0.307 e. The number of para-hydroxylation sites is 1. The van der Waals surface area contributed by atoms with Gasteiger partial charge in [0.05, 0.1) is 17.3 Å². The van der Waals surface area contributed by atoms with Crippen molar-refractivity contribution in [3.05, 3.63) is 71.9 Å². The lowest BCUT2D eigenvalue weighted by Gasteiger charge is -2.36. The second-order valence-corrected chi connectivity index (χ2v) is 7.99. The highest BCUT2D eigenvalue weighted by atomic mass is 16.4. The first-order chi connectivity index (χ1) is 14.0. The van der Waals surface area contributed by atoms with Gasteiger partial charge in [0.1, 0.15) is 0 Å². The van der Waals surface area contributed by atoms with Gasteiger partial charge in [0.15, 0.2) is 0 Å². The molecule has 0 bridgehead atoms. The summed E-state index contributed by atoms with van der Waals surface area (Å²) >= 11 is 0. The summed E-state index contributed by atoms with van der Waals surface area (Å²) in [6.45, 7) is 5.57. The average Bonchev–Trinajstić information content (AvgIpc) is 3.14. The molecule has 2 heterocycles. The number of aliphatic carboxylic acids is 1. The van der Waals surface area contributed by atoms with Gasteiger partial charge >= 0.3 is 5.97 Å². The van der Waals surface area contributed by atoms with Crippen LogP contribution in [-0.2, 0) is 11.3 Å². The highest BCUT2D eigenvalue weighted by molar-refractivity contribution is 5.70. The molecule has 29 heavy (non-hydrogen) atoms. The zero-order chi connectivity index (χ0) is 20.4. The lowest BCUT2D eigenvalue weighted by Crippen LogP contribution is -2.43. The Bertz CT molecular complexity index is 996. The molecule has 0 saturated carbocycles. The number of aryl methyl sites for hydroxylation is 1. The molecule has 2 aromatic carbocycles. The summed E-state index contributed by atoms with van der Waals surface area (Å²) < 4.78 is 1.93. The van der Waals surface area contributed by atoms with E-state index in [1.807, 2.05) is 47.1 Å². The Balaban J connectivity index is 1.72. The van der Waals surface area contributed by atoms with Gasteiger partial charge in [0, 0.05) is 36.5 Å². The van der Waals surface area contributed by atoms with Crippen LogP contribution >= 0.6 is 0 Å². The van der Waals surface area contributed by atoms with E-state index >= 15 is 0 Å². The van der Waals surface area contributed by atoms with Crippen molar-refractivity contribution in [2.75, 3.05) is 6.54 Å². The number of carbonyl (C=O) groups is 1. The third-order valence-corrected chi connectivity index (χ3v) is 5.94. The zero-order valence-corrected chi connectivity index (χ0v) is 17.0. The van der Waals surface area contributed by atoms with Gasteiger partial charge in [-0.2, -0.15) is 5.10 Å². The Labute approximate surface area is 171 Å². The summed E-state index contributed by atoms with van der Waals surface area (Å²) in [7, 11) is 0. The van der Waals surface area contributed by atoms with E-state index in [0.29, 0.717) is 19.1 Å². The normalized spacial score (nSPS) is 19.9. The van der Waals surface area contributed by atoms with Crippen LogP contribution in [0.5, 0.6) is 0 Å². The van der Waals surface area contributed by atoms with E-state index in [1.165, 1.54) is 5.56 Å². The number of aromatic nitrogens is 2. The molecule has 0 aliphatic carbocycles. The van der Waals surface area contributed by atoms with Crippen LogP contribution in [0, 0.1) is 12.8 Å². The summed E-state index contributed by atoms with van der Waals surface area (Å²) in [4.78, 5) is 13.8. The van der Waals surface area contributed by atoms with Crippen molar-refractivity contribution in [1.29, 1.82) is 0 Å². The number of piperidine rings is 1. The van der Waals surface area contributed by atoms with Crippen molar-refractivity contribution in [2.45, 2.75) is 39.3 Å². The van der Waals surface area contributed by atoms with E-state index in [1.54, 1.807) is 0 Å². The molecule has 150 valence electrons. The highest BCUT2D eigenvalue weighted by Gasteiger charge is 2.30. The van der Waals surface area contributed by atoms with Crippen LogP contribution in [0.15, 0.2) is 60.8 Å². The maximum atomic E-state index is 11.5. The largest absolute Gasteiger partial charge is 0.481 e. The van der Waals surface area contributed by atoms with Gasteiger partial charge in [0.25, 0.3) is 0 Å². The number of likely N-dealkylation sites (tertiary alicyclic amines) is 1. The van der Waals surface area contributed by atoms with Crippen LogP contribution in [-0.4, -0.2) is 38.3 Å². The van der Waals surface area contributed by atoms with E-state index in [9.17, 15) is 9.90 Å². The summed E-state index contributed by atoms with van der Waals surface area (Å²) in [5.74, 6) is -0.988. The lowest BCUT2D eigenvalue weighted by atomic mass is 9.93. The molecule has 0 spiro atoms. The quantitative estimate of drug-likeness (QED) is 0.696. The zero-order valence-electron chi connectivity index (χ0n) is 17.0. The summed E-state index contributed by atoms with van der Waals surface area (Å²) in [6, 6.07) is 18.7. The second kappa shape index (κ2) is 8.21. The molecule has 2 unspecified atom stereocenters. The fourth-order valence-corrected chi connectivity index (χ4v) is 4.12. The van der Waals surface area contributed by atoms with Crippen molar-refractivity contribution in [2.24, 2.45) is 5.92 Å². The predicted molar refractivity (Wildman–Crippen MR) is 114 cm³/mol. The van der Waals surface area contributed by atoms with Crippen molar-refractivity contribution in [1.82, 2.24) is 14.7 Å². The van der Waals surface area contributed by atoms with Gasteiger partial charge in [0.2, 0.25) is 0 Å². The van der Waals surface area contributed by atoms with Crippen LogP contribution < -0.4 is 0 Å². The number of hydrogen-bond acceptors (Lipinski definition) is 3. The topological polar surface area (TPSA) is 58.4 Å². The molecule has 5 nitrogen and oxygen atoms in total. The molecular weight excluding hydrogens is 362 g/mol. The molecule has 3 aromatic rings. The summed E-state index contributed by atoms with van der Waals surface area (Å²) in [5.41, 5.74) is 5.42. The molecule has 0 radical (unpaired) electrons. The second-order valence-electron chi connectivity index (χ2n) is 7.99. The van der Waals surface area contributed by atoms with Gasteiger partial charge in [-0.25, -0.2) is 4.68 Å². The molecule has 1 N–H and O–H groups in total. The SMILES string of the molecule is Cc1ccccc1-c1nn(-c2ccccc2)cc1CN1CC(C(=O)O)CCC1C. The molecule has 1 aliphatic rings. The van der Waals surface area contributed by atoms with Crippen LogP contribution in [0.4, 0.5) is 0 Å². The monoisotopic (exact) mass is 389 g/mol. The average molecular weight is 389 g/mol. The third kappa shape index (κ3) is 4.10. The van der Waals surface area contributed by atoms with Crippen LogP contribution in [0.3, 0.4) is 0 Å². The summed E-state index contributed by atoms with van der Waals surface area (Å²) in [6.07, 6.45) is 3.75. The molecule has 5 heteroatoms. The van der Waals surface area contributed by atoms with Gasteiger partial charge in [-0.1, -0.05) is 42.5 Å². The third-order valence-electron chi connectivity index (χ3n) is 5.94. The number of rotatable bonds is 5. The molecule has 1 fully saturated rings. The maximum Gasteiger partial charge on any atom is 0.307 e. The minimum absolute atomic E-state index is 0.294. The fourth-order valence-electron chi connectivity index (χ4n) is 4.12. The molecule has 0 amide bonds. The van der Waals surface area contributed by atoms with E-state index < -0.39 is 5.97 Å². The molecule has 1 aliphatic heterocycles. The van der Waals surface area contributed by atoms with Crippen molar-refractivity contribution >= 4 is 5.97 Å². The first-order valence-corrected chi connectivity index (χ1v) is 10.2. The van der Waals surface area contributed by atoms with Crippen LogP contribution in [0.25, 0.3) is 16.9 Å². The van der Waals surface area contributed by atoms with Crippen molar-refractivity contribution in [3.63, 3.8) is 0 Å². The van der Waals surface area contributed by atoms with E-state index in [2.05, 4.69) is 37.1 Å². The predicted octanol–water partition coefficient (Wildman–Crippen LogP) is 4.53. The van der Waals surface area contributed by atoms with Crippen LogP contribution in [0.1, 0.15) is 30.9 Å². The van der Waals surface area contributed by atoms with Gasteiger partial charge < -0.3 is 5.11 Å². The van der Waals surface area contributed by atoms with Crippen molar-refractivity contribution < 1.29 is 9.90 Å². The van der Waals surface area contributed by atoms with Crippen molar-refractivity contribution in [3.8, 4) is 16.9 Å². The minimum Gasteiger partial charge on any atom is -0.481 e. The van der Waals surface area contributed by atoms with E-state index in [-0.39, 0.29) is 5.92 Å². The standard InChI is InChI=1S/C24H27N3O2/c1-17-8-6-7-11-22(17)23-20(16-27(25-23)21-9-4-3-5-10-21)15-26-14-19(24(28)29)13-12-18(26)2/h3-11,16,18-19H,12-15H2,1-2H3,(H,28,29). The maximum absolute atomic E-state index is 11.5. The van der Waals surface area contributed by atoms with Gasteiger partial charge in [-0.05, 0) is 44.4 Å². The molecule has 2 atom stereocenters. The number of hydrogen-bond donors (Lipinski definition) is 1. The molecule has 1 saturated heterocycles. The number of carboxylic acid groups (broad SMARTS) is 1. The molecular formula is C24H27N3O2. The Morgan fingerprint density at radius 1 is 1.10 bits per heavy atom. The van der Waals surface area contributed by atoms with Crippen LogP contribution in [0.2, 0.25) is 0 Å². The van der Waals surface area contributed by atoms with Gasteiger partial charge in [-0.3, -0.25) is 9.69 Å². The lowest BCUT2D eigenvalue weighted by molar-refractivity contribution is -0.144. The Hall–Kier alpha value is -2.92. The Kier molecular flexibility index (Phi) is 5.49. The first kappa shape index (κ1) is 19.4. The van der Waals surface area contributed by atoms with E-state index in [4.69, 9.17) is 5.10 Å². The Morgan fingerprint density at radius 2 is 1.83 bits per heavy atom.